The van der Waals surface area contributed by atoms with Gasteiger partial charge in [-0.15, -0.1) is 7.98 Å². The largest absolute Gasteiger partial charge is 0.513 e. The predicted molar refractivity (Wildman–Crippen MR) is 41.9 cm³/mol. The van der Waals surface area contributed by atoms with Gasteiger partial charge in [-0.25, -0.2) is 0 Å². The summed E-state index contributed by atoms with van der Waals surface area (Å²) in [5, 5.41) is 0. The van der Waals surface area contributed by atoms with Crippen LogP contribution in [0.5, 0.6) is 0 Å². The van der Waals surface area contributed by atoms with Crippen molar-refractivity contribution in [3.63, 3.8) is 0 Å². The van der Waals surface area contributed by atoms with Gasteiger partial charge in [0.15, 0.2) is 0 Å². The molecule has 0 unspecified atom stereocenters. The summed E-state index contributed by atoms with van der Waals surface area (Å²) in [6.45, 7) is 4.10. The lowest BCUT2D eigenvalue weighted by Gasteiger charge is -2.06. The molecule has 0 amide bonds. The lowest BCUT2D eigenvalue weighted by Crippen LogP contribution is -2.34. The molecule has 0 saturated carbocycles. The third-order valence-corrected chi connectivity index (χ3v) is 1.66. The maximum Gasteiger partial charge on any atom is 0.118 e. The molecular formula is C8H11BN. The zero-order valence-electron chi connectivity index (χ0n) is 6.46. The van der Waals surface area contributed by atoms with Crippen molar-refractivity contribution in [1.29, 1.82) is 0 Å². The average molecular weight is 132 g/mol. The molecule has 0 bridgehead atoms. The first-order valence-corrected chi connectivity index (χ1v) is 3.50. The van der Waals surface area contributed by atoms with Crippen LogP contribution in [-0.4, -0.2) is 7.98 Å². The van der Waals surface area contributed by atoms with Gasteiger partial charge in [-0.05, 0) is 18.6 Å². The van der Waals surface area contributed by atoms with Gasteiger partial charge < -0.3 is 4.48 Å². The highest BCUT2D eigenvalue weighted by Gasteiger charge is 1.92. The summed E-state index contributed by atoms with van der Waals surface area (Å²) in [7, 11) is 5.61. The molecule has 1 aromatic heterocycles. The van der Waals surface area contributed by atoms with Gasteiger partial charge in [-0.1, -0.05) is 6.92 Å². The highest BCUT2D eigenvalue weighted by Crippen LogP contribution is 1.96. The molecule has 0 spiro atoms. The fraction of sp³-hybridized carbons (Fsp3) is 0.375. The molecule has 1 aromatic rings. The summed E-state index contributed by atoms with van der Waals surface area (Å²) in [5.74, 6) is 0. The van der Waals surface area contributed by atoms with Crippen molar-refractivity contribution in [2.24, 2.45) is 0 Å². The van der Waals surface area contributed by atoms with Crippen molar-refractivity contribution in [1.82, 2.24) is 0 Å². The highest BCUT2D eigenvalue weighted by atomic mass is 14.8. The molecule has 0 N–H and O–H groups in total. The Kier molecular flexibility index (Phi) is 2.10. The smallest absolute Gasteiger partial charge is 0.118 e. The fourth-order valence-electron chi connectivity index (χ4n) is 0.846. The quantitative estimate of drug-likeness (QED) is 0.497. The van der Waals surface area contributed by atoms with Gasteiger partial charge in [0.2, 0.25) is 0 Å². The Balaban J connectivity index is 3.04. The van der Waals surface area contributed by atoms with Crippen LogP contribution in [0.1, 0.15) is 18.2 Å². The van der Waals surface area contributed by atoms with Gasteiger partial charge in [0.1, 0.15) is 11.9 Å². The molecule has 1 heterocycles. The molecule has 51 valence electrons. The molecule has 0 atom stereocenters. The topological polar surface area (TPSA) is 3.88 Å². The van der Waals surface area contributed by atoms with E-state index in [1.807, 2.05) is 19.2 Å². The minimum Gasteiger partial charge on any atom is -0.513 e. The number of hydrogen-bond donors (Lipinski definition) is 0. The average Bonchev–Trinajstić information content (AvgIpc) is 1.95. The van der Waals surface area contributed by atoms with E-state index in [-0.39, 0.29) is 0 Å². The monoisotopic (exact) mass is 132 g/mol. The van der Waals surface area contributed by atoms with Crippen molar-refractivity contribution in [3.8, 4) is 0 Å². The Hall–Kier alpha value is -0.785. The van der Waals surface area contributed by atoms with Crippen molar-refractivity contribution >= 4 is 7.98 Å². The Morgan fingerprint density at radius 3 is 2.70 bits per heavy atom. The molecule has 2 heteroatoms. The first-order valence-electron chi connectivity index (χ1n) is 3.50. The standard InChI is InChI=1S/C8H11BN/c1-3-8-5-4-7(2)10(9)6-8/h4-6H,3H2,1-2H3. The molecule has 0 aliphatic heterocycles. The second-order valence-electron chi connectivity index (χ2n) is 2.44. The summed E-state index contributed by atoms with van der Waals surface area (Å²) in [5.41, 5.74) is 2.35. The van der Waals surface area contributed by atoms with E-state index in [0.717, 1.165) is 12.1 Å². The summed E-state index contributed by atoms with van der Waals surface area (Å²) >= 11 is 0. The minimum absolute atomic E-state index is 1.04. The second-order valence-corrected chi connectivity index (χ2v) is 2.44. The molecule has 0 aromatic carbocycles. The first kappa shape index (κ1) is 7.32. The lowest BCUT2D eigenvalue weighted by atomic mass is 10.2. The molecule has 0 aliphatic rings. The number of rotatable bonds is 1. The van der Waals surface area contributed by atoms with Gasteiger partial charge in [0.25, 0.3) is 0 Å². The number of hydrogen-bond acceptors (Lipinski definition) is 0. The van der Waals surface area contributed by atoms with Crippen LogP contribution in [0.15, 0.2) is 18.3 Å². The Labute approximate surface area is 63.1 Å². The Morgan fingerprint density at radius 2 is 2.20 bits per heavy atom. The molecule has 0 aliphatic carbocycles. The van der Waals surface area contributed by atoms with Crippen LogP contribution in [0.25, 0.3) is 0 Å². The van der Waals surface area contributed by atoms with Crippen LogP contribution in [0, 0.1) is 6.92 Å². The zero-order valence-corrected chi connectivity index (χ0v) is 6.46. The molecule has 1 nitrogen and oxygen atoms in total. The predicted octanol–water partition coefficient (Wildman–Crippen LogP) is 0.777. The molecule has 3 radical (unpaired) electrons. The van der Waals surface area contributed by atoms with Gasteiger partial charge in [-0.3, -0.25) is 0 Å². The third kappa shape index (κ3) is 1.38. The number of aryl methyl sites for hydroxylation is 2. The SMILES string of the molecule is [B-][n+]1cc(CC)ccc1C. The number of pyridine rings is 1. The summed E-state index contributed by atoms with van der Waals surface area (Å²) in [6, 6.07) is 4.12. The van der Waals surface area contributed by atoms with Crippen molar-refractivity contribution in [3.05, 3.63) is 29.6 Å². The van der Waals surface area contributed by atoms with Crippen molar-refractivity contribution < 1.29 is 4.48 Å². The molecule has 1 rings (SSSR count). The van der Waals surface area contributed by atoms with E-state index in [0.29, 0.717) is 0 Å². The van der Waals surface area contributed by atoms with Crippen LogP contribution in [0.3, 0.4) is 0 Å². The van der Waals surface area contributed by atoms with Gasteiger partial charge in [0, 0.05) is 12.5 Å². The minimum atomic E-state index is 1.04. The van der Waals surface area contributed by atoms with E-state index in [4.69, 9.17) is 7.98 Å². The zero-order chi connectivity index (χ0) is 7.56. The van der Waals surface area contributed by atoms with Crippen LogP contribution in [0.4, 0.5) is 0 Å². The highest BCUT2D eigenvalue weighted by molar-refractivity contribution is 5.94. The van der Waals surface area contributed by atoms with E-state index in [2.05, 4.69) is 13.0 Å². The summed E-state index contributed by atoms with van der Waals surface area (Å²) in [4.78, 5) is 0. The number of aromatic nitrogens is 1. The maximum atomic E-state index is 5.61. The van der Waals surface area contributed by atoms with Crippen LogP contribution < -0.4 is 4.48 Å². The van der Waals surface area contributed by atoms with E-state index < -0.39 is 0 Å². The van der Waals surface area contributed by atoms with Crippen LogP contribution >= 0.6 is 0 Å². The van der Waals surface area contributed by atoms with E-state index in [1.165, 1.54) is 5.56 Å². The Morgan fingerprint density at radius 1 is 1.50 bits per heavy atom. The first-order chi connectivity index (χ1) is 4.74. The second kappa shape index (κ2) is 2.87. The number of nitrogens with zero attached hydrogens (tertiary/aromatic N) is 1. The van der Waals surface area contributed by atoms with E-state index >= 15 is 0 Å². The summed E-state index contributed by atoms with van der Waals surface area (Å²) < 4.78 is 1.65. The van der Waals surface area contributed by atoms with Gasteiger partial charge >= 0.3 is 0 Å². The maximum absolute atomic E-state index is 5.61. The normalized spacial score (nSPS) is 9.90. The lowest BCUT2D eigenvalue weighted by molar-refractivity contribution is -0.530. The summed E-state index contributed by atoms with van der Waals surface area (Å²) in [6.07, 6.45) is 2.99. The molecule has 10 heavy (non-hydrogen) atoms. The molecule has 0 fully saturated rings. The van der Waals surface area contributed by atoms with Gasteiger partial charge in [0.05, 0.1) is 0 Å². The Bertz CT molecular complexity index is 233. The van der Waals surface area contributed by atoms with E-state index in [1.54, 1.807) is 4.48 Å². The fourth-order valence-corrected chi connectivity index (χ4v) is 0.846. The van der Waals surface area contributed by atoms with Crippen molar-refractivity contribution in [2.75, 3.05) is 0 Å². The molecule has 0 saturated heterocycles. The molecular weight excluding hydrogens is 121 g/mol. The van der Waals surface area contributed by atoms with E-state index in [9.17, 15) is 0 Å². The third-order valence-electron chi connectivity index (χ3n) is 1.66. The van der Waals surface area contributed by atoms with Gasteiger partial charge in [-0.2, -0.15) is 0 Å². The van der Waals surface area contributed by atoms with Crippen LogP contribution in [-0.2, 0) is 6.42 Å². The van der Waals surface area contributed by atoms with Crippen LogP contribution in [0.2, 0.25) is 0 Å². The van der Waals surface area contributed by atoms with Crippen molar-refractivity contribution in [2.45, 2.75) is 20.3 Å².